The van der Waals surface area contributed by atoms with Crippen molar-refractivity contribution in [3.8, 4) is 0 Å². The van der Waals surface area contributed by atoms with E-state index in [9.17, 15) is 0 Å². The van der Waals surface area contributed by atoms with E-state index in [-0.39, 0.29) is 18.9 Å². The van der Waals surface area contributed by atoms with E-state index in [0.717, 1.165) is 6.42 Å². The standard InChI is InChI=1S/C8H18O.Li.H/c1-3-5-6-8(4-2)7-9;;/h8-9H,3-7H2,1-2H3;;. The maximum atomic E-state index is 8.75. The fraction of sp³-hybridized carbons (Fsp3) is 1.00. The number of aliphatic hydroxyl groups excluding tert-OH is 1. The van der Waals surface area contributed by atoms with Crippen molar-refractivity contribution in [3.05, 3.63) is 0 Å². The minimum atomic E-state index is 0. The zero-order valence-electron chi connectivity index (χ0n) is 6.56. The average Bonchev–Trinajstić information content (AvgIpc) is 1.91. The van der Waals surface area contributed by atoms with Gasteiger partial charge in [-0.2, -0.15) is 0 Å². The second kappa shape index (κ2) is 9.56. The van der Waals surface area contributed by atoms with E-state index < -0.39 is 0 Å². The van der Waals surface area contributed by atoms with Crippen LogP contribution in [0.3, 0.4) is 0 Å². The first-order chi connectivity index (χ1) is 4.35. The molecule has 58 valence electrons. The Bertz CT molecular complexity index is 53.2. The molecule has 1 atom stereocenters. The molecule has 0 fully saturated rings. The molecule has 0 heterocycles. The van der Waals surface area contributed by atoms with Crippen LogP contribution in [0, 0.1) is 5.92 Å². The van der Waals surface area contributed by atoms with Gasteiger partial charge in [0.15, 0.2) is 0 Å². The summed E-state index contributed by atoms with van der Waals surface area (Å²) in [5, 5.41) is 8.75. The van der Waals surface area contributed by atoms with E-state index in [1.54, 1.807) is 0 Å². The summed E-state index contributed by atoms with van der Waals surface area (Å²) < 4.78 is 0. The second-order valence-electron chi connectivity index (χ2n) is 2.60. The average molecular weight is 138 g/mol. The van der Waals surface area contributed by atoms with Gasteiger partial charge < -0.3 is 5.11 Å². The van der Waals surface area contributed by atoms with Gasteiger partial charge in [0.2, 0.25) is 0 Å². The van der Waals surface area contributed by atoms with Crippen LogP contribution in [-0.2, 0) is 0 Å². The first-order valence-corrected chi connectivity index (χ1v) is 3.96. The Labute approximate surface area is 76.4 Å². The van der Waals surface area contributed by atoms with Crippen molar-refractivity contribution in [2.45, 2.75) is 39.5 Å². The molecule has 0 saturated heterocycles. The van der Waals surface area contributed by atoms with Crippen molar-refractivity contribution in [1.29, 1.82) is 0 Å². The van der Waals surface area contributed by atoms with Crippen molar-refractivity contribution >= 4 is 18.9 Å². The Morgan fingerprint density at radius 1 is 1.30 bits per heavy atom. The number of rotatable bonds is 5. The SMILES string of the molecule is CCCCC(CC)CO.[LiH]. The van der Waals surface area contributed by atoms with Gasteiger partial charge in [-0.25, -0.2) is 0 Å². The summed E-state index contributed by atoms with van der Waals surface area (Å²) in [5.41, 5.74) is 0. The van der Waals surface area contributed by atoms with Crippen LogP contribution in [0.1, 0.15) is 39.5 Å². The molecule has 1 unspecified atom stereocenters. The van der Waals surface area contributed by atoms with Gasteiger partial charge in [0.05, 0.1) is 0 Å². The zero-order chi connectivity index (χ0) is 7.11. The van der Waals surface area contributed by atoms with Crippen molar-refractivity contribution in [3.63, 3.8) is 0 Å². The number of unbranched alkanes of at least 4 members (excludes halogenated alkanes) is 1. The molecule has 0 saturated carbocycles. The van der Waals surface area contributed by atoms with Crippen LogP contribution in [0.2, 0.25) is 0 Å². The molecule has 0 aromatic carbocycles. The molecular weight excluding hydrogens is 119 g/mol. The molecule has 1 nitrogen and oxygen atoms in total. The van der Waals surface area contributed by atoms with Gasteiger partial charge in [-0.1, -0.05) is 33.1 Å². The van der Waals surface area contributed by atoms with E-state index in [4.69, 9.17) is 5.11 Å². The molecule has 0 aliphatic carbocycles. The zero-order valence-corrected chi connectivity index (χ0v) is 6.56. The first kappa shape index (κ1) is 13.2. The first-order valence-electron chi connectivity index (χ1n) is 3.96. The third-order valence-corrected chi connectivity index (χ3v) is 1.80. The van der Waals surface area contributed by atoms with E-state index in [1.807, 2.05) is 0 Å². The molecule has 2 heteroatoms. The fourth-order valence-electron chi connectivity index (χ4n) is 0.917. The maximum absolute atomic E-state index is 8.75. The molecule has 0 aliphatic heterocycles. The van der Waals surface area contributed by atoms with Crippen LogP contribution >= 0.6 is 0 Å². The summed E-state index contributed by atoms with van der Waals surface area (Å²) in [6.07, 6.45) is 4.83. The summed E-state index contributed by atoms with van der Waals surface area (Å²) in [6, 6.07) is 0. The van der Waals surface area contributed by atoms with Gasteiger partial charge in [-0.15, -0.1) is 0 Å². The number of aliphatic hydroxyl groups is 1. The molecule has 0 radical (unpaired) electrons. The predicted octanol–water partition coefficient (Wildman–Crippen LogP) is 1.55. The van der Waals surface area contributed by atoms with Crippen LogP contribution in [0.15, 0.2) is 0 Å². The summed E-state index contributed by atoms with van der Waals surface area (Å²) >= 11 is 0. The number of hydrogen-bond donors (Lipinski definition) is 1. The number of hydrogen-bond acceptors (Lipinski definition) is 1. The summed E-state index contributed by atoms with van der Waals surface area (Å²) in [7, 11) is 0. The molecule has 0 amide bonds. The monoisotopic (exact) mass is 138 g/mol. The van der Waals surface area contributed by atoms with Gasteiger partial charge in [-0.3, -0.25) is 0 Å². The normalized spacial score (nSPS) is 12.3. The Morgan fingerprint density at radius 3 is 2.20 bits per heavy atom. The quantitative estimate of drug-likeness (QED) is 0.571. The Kier molecular flexibility index (Phi) is 12.6. The molecule has 0 aromatic heterocycles. The van der Waals surface area contributed by atoms with E-state index in [2.05, 4.69) is 13.8 Å². The van der Waals surface area contributed by atoms with Gasteiger partial charge in [0.25, 0.3) is 0 Å². The summed E-state index contributed by atoms with van der Waals surface area (Å²) in [6.45, 7) is 4.69. The Hall–Kier alpha value is 0.557. The molecule has 0 aliphatic rings. The summed E-state index contributed by atoms with van der Waals surface area (Å²) in [5.74, 6) is 0.560. The van der Waals surface area contributed by atoms with E-state index in [0.29, 0.717) is 12.5 Å². The van der Waals surface area contributed by atoms with Gasteiger partial charge in [0.1, 0.15) is 0 Å². The molecule has 0 bridgehead atoms. The second-order valence-corrected chi connectivity index (χ2v) is 2.60. The van der Waals surface area contributed by atoms with Crippen LogP contribution < -0.4 is 0 Å². The molecule has 0 rings (SSSR count). The molecule has 10 heavy (non-hydrogen) atoms. The van der Waals surface area contributed by atoms with Crippen molar-refractivity contribution in [2.24, 2.45) is 5.92 Å². The Morgan fingerprint density at radius 2 is 1.90 bits per heavy atom. The molecular formula is C8H19LiO. The van der Waals surface area contributed by atoms with E-state index in [1.165, 1.54) is 19.3 Å². The molecule has 0 spiro atoms. The van der Waals surface area contributed by atoms with Gasteiger partial charge in [0, 0.05) is 6.61 Å². The van der Waals surface area contributed by atoms with Gasteiger partial charge >= 0.3 is 18.9 Å². The van der Waals surface area contributed by atoms with Crippen LogP contribution in [0.5, 0.6) is 0 Å². The van der Waals surface area contributed by atoms with Gasteiger partial charge in [-0.05, 0) is 12.3 Å². The summed E-state index contributed by atoms with van der Waals surface area (Å²) in [4.78, 5) is 0. The van der Waals surface area contributed by atoms with Crippen LogP contribution in [0.4, 0.5) is 0 Å². The topological polar surface area (TPSA) is 20.2 Å². The predicted molar refractivity (Wildman–Crippen MR) is 47.5 cm³/mol. The third kappa shape index (κ3) is 6.67. The Balaban J connectivity index is 0. The minimum absolute atomic E-state index is 0. The molecule has 0 aromatic rings. The fourth-order valence-corrected chi connectivity index (χ4v) is 0.917. The van der Waals surface area contributed by atoms with Crippen LogP contribution in [-0.4, -0.2) is 30.6 Å². The third-order valence-electron chi connectivity index (χ3n) is 1.80. The van der Waals surface area contributed by atoms with Crippen molar-refractivity contribution < 1.29 is 5.11 Å². The van der Waals surface area contributed by atoms with Crippen molar-refractivity contribution in [1.82, 2.24) is 0 Å². The van der Waals surface area contributed by atoms with Crippen molar-refractivity contribution in [2.75, 3.05) is 6.61 Å². The van der Waals surface area contributed by atoms with E-state index >= 15 is 0 Å². The molecule has 1 N–H and O–H groups in total. The van der Waals surface area contributed by atoms with Crippen LogP contribution in [0.25, 0.3) is 0 Å².